The second-order valence-electron chi connectivity index (χ2n) is 6.49. The molecular formula is C19H22FN3O4S. The van der Waals surface area contributed by atoms with Crippen LogP contribution in [0.3, 0.4) is 0 Å². The molecule has 7 nitrogen and oxygen atoms in total. The number of hydrogen-bond donors (Lipinski definition) is 3. The minimum atomic E-state index is -3.65. The molecule has 2 aromatic carbocycles. The predicted molar refractivity (Wildman–Crippen MR) is 104 cm³/mol. The monoisotopic (exact) mass is 407 g/mol. The molecule has 0 radical (unpaired) electrons. The normalized spacial score (nSPS) is 11.3. The fourth-order valence-corrected chi connectivity index (χ4v) is 3.60. The maximum atomic E-state index is 13.3. The first-order valence-electron chi connectivity index (χ1n) is 8.55. The largest absolute Gasteiger partial charge is 0.343 e. The maximum absolute atomic E-state index is 13.3. The summed E-state index contributed by atoms with van der Waals surface area (Å²) in [6.07, 6.45) is 0. The van der Waals surface area contributed by atoms with Crippen LogP contribution in [-0.4, -0.2) is 32.8 Å². The van der Waals surface area contributed by atoms with Crippen LogP contribution in [0.2, 0.25) is 0 Å². The number of amides is 2. The minimum absolute atomic E-state index is 0.0390. The number of nitrogens with one attached hydrogen (secondary N) is 3. The number of carbonyl (C=O) groups excluding carboxylic acids is 2. The van der Waals surface area contributed by atoms with E-state index in [1.807, 2.05) is 0 Å². The topological polar surface area (TPSA) is 104 Å². The molecule has 0 aliphatic heterocycles. The summed E-state index contributed by atoms with van der Waals surface area (Å²) in [6, 6.07) is 9.11. The summed E-state index contributed by atoms with van der Waals surface area (Å²) in [4.78, 5) is 24.1. The maximum Gasteiger partial charge on any atom is 0.251 e. The Balaban J connectivity index is 1.96. The van der Waals surface area contributed by atoms with Crippen molar-refractivity contribution in [3.05, 3.63) is 59.4 Å². The van der Waals surface area contributed by atoms with Crippen molar-refractivity contribution in [1.29, 1.82) is 0 Å². The molecule has 0 atom stereocenters. The van der Waals surface area contributed by atoms with E-state index in [2.05, 4.69) is 15.4 Å². The Bertz CT molecular complexity index is 973. The third-order valence-corrected chi connectivity index (χ3v) is 5.38. The Morgan fingerprint density at radius 3 is 2.32 bits per heavy atom. The summed E-state index contributed by atoms with van der Waals surface area (Å²) >= 11 is 0. The number of benzene rings is 2. The first-order valence-corrected chi connectivity index (χ1v) is 10.0. The molecule has 0 saturated carbocycles. The molecule has 9 heteroatoms. The molecule has 28 heavy (non-hydrogen) atoms. The third kappa shape index (κ3) is 5.86. The molecule has 0 spiro atoms. The van der Waals surface area contributed by atoms with Crippen molar-refractivity contribution in [2.75, 3.05) is 11.9 Å². The lowest BCUT2D eigenvalue weighted by Crippen LogP contribution is -2.33. The summed E-state index contributed by atoms with van der Waals surface area (Å²) in [6.45, 7) is 4.81. The Labute approximate surface area is 163 Å². The van der Waals surface area contributed by atoms with Crippen molar-refractivity contribution >= 4 is 27.5 Å². The molecule has 2 rings (SSSR count). The molecule has 0 aliphatic rings. The number of sulfonamides is 1. The zero-order valence-corrected chi connectivity index (χ0v) is 16.6. The van der Waals surface area contributed by atoms with E-state index in [0.717, 1.165) is 0 Å². The van der Waals surface area contributed by atoms with Gasteiger partial charge in [0.2, 0.25) is 15.9 Å². The predicted octanol–water partition coefficient (Wildman–Crippen LogP) is 2.19. The molecule has 0 heterocycles. The quantitative estimate of drug-likeness (QED) is 0.654. The lowest BCUT2D eigenvalue weighted by atomic mass is 10.2. The molecule has 0 fully saturated rings. The summed E-state index contributed by atoms with van der Waals surface area (Å²) in [5.41, 5.74) is 1.22. The van der Waals surface area contributed by atoms with Gasteiger partial charge in [-0.25, -0.2) is 17.5 Å². The first-order chi connectivity index (χ1) is 13.1. The van der Waals surface area contributed by atoms with Gasteiger partial charge in [-0.3, -0.25) is 9.59 Å². The lowest BCUT2D eigenvalue weighted by molar-refractivity contribution is -0.115. The molecule has 0 aliphatic carbocycles. The van der Waals surface area contributed by atoms with Gasteiger partial charge in [0.1, 0.15) is 5.82 Å². The first kappa shape index (κ1) is 21.5. The highest BCUT2D eigenvalue weighted by atomic mass is 32.2. The molecule has 0 saturated heterocycles. The molecular weight excluding hydrogens is 385 g/mol. The van der Waals surface area contributed by atoms with E-state index >= 15 is 0 Å². The molecule has 0 bridgehead atoms. The van der Waals surface area contributed by atoms with Crippen LogP contribution in [0.5, 0.6) is 0 Å². The highest BCUT2D eigenvalue weighted by Crippen LogP contribution is 2.15. The van der Waals surface area contributed by atoms with E-state index in [1.54, 1.807) is 20.8 Å². The van der Waals surface area contributed by atoms with Gasteiger partial charge in [-0.05, 0) is 62.7 Å². The minimum Gasteiger partial charge on any atom is -0.343 e. The number of halogens is 1. The third-order valence-electron chi connectivity index (χ3n) is 3.70. The Kier molecular flexibility index (Phi) is 6.87. The van der Waals surface area contributed by atoms with E-state index in [1.165, 1.54) is 42.5 Å². The molecule has 2 aromatic rings. The van der Waals surface area contributed by atoms with E-state index in [4.69, 9.17) is 0 Å². The number of aryl methyl sites for hydroxylation is 1. The van der Waals surface area contributed by atoms with Gasteiger partial charge in [0.25, 0.3) is 5.91 Å². The average molecular weight is 407 g/mol. The van der Waals surface area contributed by atoms with Crippen molar-refractivity contribution in [2.45, 2.75) is 31.7 Å². The lowest BCUT2D eigenvalue weighted by Gasteiger charge is -2.11. The van der Waals surface area contributed by atoms with Crippen molar-refractivity contribution < 1.29 is 22.4 Å². The molecule has 0 unspecified atom stereocenters. The Morgan fingerprint density at radius 1 is 1.07 bits per heavy atom. The number of hydrogen-bond acceptors (Lipinski definition) is 4. The van der Waals surface area contributed by atoms with Crippen molar-refractivity contribution in [3.8, 4) is 0 Å². The van der Waals surface area contributed by atoms with Gasteiger partial charge in [-0.2, -0.15) is 0 Å². The second kappa shape index (κ2) is 8.94. The fraction of sp³-hybridized carbons (Fsp3) is 0.263. The SMILES string of the molecule is Cc1ccc(F)cc1NC(=O)CNC(=O)c1ccc(S(=O)(=O)NC(C)C)cc1. The van der Waals surface area contributed by atoms with Gasteiger partial charge in [-0.1, -0.05) is 6.07 Å². The van der Waals surface area contributed by atoms with Crippen LogP contribution in [0.1, 0.15) is 29.8 Å². The van der Waals surface area contributed by atoms with Crippen LogP contribution in [0, 0.1) is 12.7 Å². The number of anilines is 1. The van der Waals surface area contributed by atoms with Crippen LogP contribution >= 0.6 is 0 Å². The molecule has 2 amide bonds. The van der Waals surface area contributed by atoms with Crippen LogP contribution in [0.25, 0.3) is 0 Å². The van der Waals surface area contributed by atoms with E-state index < -0.39 is 27.7 Å². The molecule has 3 N–H and O–H groups in total. The standard InChI is InChI=1S/C19H22FN3O4S/c1-12(2)23-28(26,27)16-8-5-14(6-9-16)19(25)21-11-18(24)22-17-10-15(20)7-4-13(17)3/h4-10,12,23H,11H2,1-3H3,(H,21,25)(H,22,24). The van der Waals surface area contributed by atoms with Crippen molar-refractivity contribution in [2.24, 2.45) is 0 Å². The summed E-state index contributed by atoms with van der Waals surface area (Å²) in [5.74, 6) is -1.53. The van der Waals surface area contributed by atoms with Gasteiger partial charge >= 0.3 is 0 Å². The van der Waals surface area contributed by atoms with E-state index in [-0.39, 0.29) is 23.0 Å². The van der Waals surface area contributed by atoms with Gasteiger partial charge in [0.05, 0.1) is 11.4 Å². The molecule has 0 aromatic heterocycles. The highest BCUT2D eigenvalue weighted by molar-refractivity contribution is 7.89. The van der Waals surface area contributed by atoms with Crippen molar-refractivity contribution in [1.82, 2.24) is 10.0 Å². The summed E-state index contributed by atoms with van der Waals surface area (Å²) in [5, 5.41) is 4.96. The van der Waals surface area contributed by atoms with Gasteiger partial charge in [0, 0.05) is 17.3 Å². The van der Waals surface area contributed by atoms with E-state index in [0.29, 0.717) is 11.3 Å². The second-order valence-corrected chi connectivity index (χ2v) is 8.20. The van der Waals surface area contributed by atoms with Gasteiger partial charge < -0.3 is 10.6 Å². The van der Waals surface area contributed by atoms with Crippen LogP contribution < -0.4 is 15.4 Å². The molecule has 150 valence electrons. The number of rotatable bonds is 7. The zero-order valence-electron chi connectivity index (χ0n) is 15.7. The average Bonchev–Trinajstić information content (AvgIpc) is 2.62. The van der Waals surface area contributed by atoms with Crippen LogP contribution in [0.15, 0.2) is 47.4 Å². The Hall–Kier alpha value is -2.78. The van der Waals surface area contributed by atoms with Crippen LogP contribution in [0.4, 0.5) is 10.1 Å². The zero-order chi connectivity index (χ0) is 20.9. The fourth-order valence-electron chi connectivity index (χ4n) is 2.35. The van der Waals surface area contributed by atoms with Gasteiger partial charge in [0.15, 0.2) is 0 Å². The summed E-state index contributed by atoms with van der Waals surface area (Å²) in [7, 11) is -3.65. The van der Waals surface area contributed by atoms with E-state index in [9.17, 15) is 22.4 Å². The highest BCUT2D eigenvalue weighted by Gasteiger charge is 2.16. The summed E-state index contributed by atoms with van der Waals surface area (Å²) < 4.78 is 39.8. The number of carbonyl (C=O) groups is 2. The van der Waals surface area contributed by atoms with Gasteiger partial charge in [-0.15, -0.1) is 0 Å². The van der Waals surface area contributed by atoms with Crippen molar-refractivity contribution in [3.63, 3.8) is 0 Å². The Morgan fingerprint density at radius 2 is 1.71 bits per heavy atom. The van der Waals surface area contributed by atoms with Crippen LogP contribution in [-0.2, 0) is 14.8 Å². The smallest absolute Gasteiger partial charge is 0.251 e.